The first kappa shape index (κ1) is 16.2. The van der Waals surface area contributed by atoms with Crippen LogP contribution in [0.3, 0.4) is 0 Å². The average Bonchev–Trinajstić information content (AvgIpc) is 2.79. The summed E-state index contributed by atoms with van der Waals surface area (Å²) in [6, 6.07) is 7.61. The molecule has 0 radical (unpaired) electrons. The standard InChI is InChI=1S/C17H23N3O2/c1-12-11-15(17(22)19(4)10-8-13(2)21)14(3)20(12)16-7-5-6-9-18-16/h5-7,9,11,13,21H,8,10H2,1-4H3. The monoisotopic (exact) mass is 301 g/mol. The van der Waals surface area contributed by atoms with E-state index in [-0.39, 0.29) is 5.91 Å². The number of aliphatic hydroxyl groups excluding tert-OH is 1. The molecule has 0 aromatic carbocycles. The third kappa shape index (κ3) is 3.36. The second-order valence-electron chi connectivity index (χ2n) is 5.67. The van der Waals surface area contributed by atoms with Crippen molar-refractivity contribution in [1.82, 2.24) is 14.5 Å². The van der Waals surface area contributed by atoms with Crippen molar-refractivity contribution in [1.29, 1.82) is 0 Å². The van der Waals surface area contributed by atoms with Crippen LogP contribution in [-0.4, -0.2) is 45.2 Å². The van der Waals surface area contributed by atoms with Crippen LogP contribution in [0.25, 0.3) is 5.82 Å². The molecule has 0 aliphatic rings. The van der Waals surface area contributed by atoms with Crippen molar-refractivity contribution in [3.8, 4) is 5.82 Å². The van der Waals surface area contributed by atoms with E-state index in [1.807, 2.05) is 42.7 Å². The van der Waals surface area contributed by atoms with Gasteiger partial charge in [-0.15, -0.1) is 0 Å². The van der Waals surface area contributed by atoms with Gasteiger partial charge in [-0.25, -0.2) is 4.98 Å². The third-order valence-corrected chi connectivity index (χ3v) is 3.77. The van der Waals surface area contributed by atoms with Crippen LogP contribution >= 0.6 is 0 Å². The molecule has 0 aliphatic heterocycles. The average molecular weight is 301 g/mol. The van der Waals surface area contributed by atoms with Gasteiger partial charge in [0.15, 0.2) is 0 Å². The Kier molecular flexibility index (Phi) is 4.98. The van der Waals surface area contributed by atoms with E-state index in [1.54, 1.807) is 25.1 Å². The number of aliphatic hydroxyl groups is 1. The number of aryl methyl sites for hydroxylation is 1. The zero-order valence-corrected chi connectivity index (χ0v) is 13.6. The van der Waals surface area contributed by atoms with Gasteiger partial charge in [0.2, 0.25) is 0 Å². The molecule has 118 valence electrons. The molecule has 5 heteroatoms. The van der Waals surface area contributed by atoms with E-state index >= 15 is 0 Å². The van der Waals surface area contributed by atoms with Crippen LogP contribution < -0.4 is 0 Å². The van der Waals surface area contributed by atoms with E-state index in [0.717, 1.165) is 17.2 Å². The fourth-order valence-electron chi connectivity index (χ4n) is 2.51. The number of pyridine rings is 1. The van der Waals surface area contributed by atoms with Gasteiger partial charge in [0.1, 0.15) is 5.82 Å². The van der Waals surface area contributed by atoms with Crippen LogP contribution in [0, 0.1) is 13.8 Å². The van der Waals surface area contributed by atoms with Crippen molar-refractivity contribution in [2.24, 2.45) is 0 Å². The van der Waals surface area contributed by atoms with Crippen molar-refractivity contribution in [3.05, 3.63) is 47.4 Å². The van der Waals surface area contributed by atoms with Gasteiger partial charge in [0, 0.05) is 31.2 Å². The summed E-state index contributed by atoms with van der Waals surface area (Å²) in [5.41, 5.74) is 2.53. The SMILES string of the molecule is Cc1cc(C(=O)N(C)CCC(C)O)c(C)n1-c1ccccn1. The van der Waals surface area contributed by atoms with E-state index in [2.05, 4.69) is 4.98 Å². The normalized spacial score (nSPS) is 12.2. The predicted molar refractivity (Wildman–Crippen MR) is 86.3 cm³/mol. The molecule has 2 aromatic heterocycles. The number of carbonyl (C=O) groups is 1. The van der Waals surface area contributed by atoms with Gasteiger partial charge in [0.05, 0.1) is 11.7 Å². The molecule has 0 saturated carbocycles. The molecule has 0 saturated heterocycles. The molecular formula is C17H23N3O2. The maximum atomic E-state index is 12.6. The zero-order chi connectivity index (χ0) is 16.3. The number of rotatable bonds is 5. The lowest BCUT2D eigenvalue weighted by atomic mass is 10.2. The summed E-state index contributed by atoms with van der Waals surface area (Å²) in [6.07, 6.45) is 1.90. The van der Waals surface area contributed by atoms with Crippen LogP contribution in [0.2, 0.25) is 0 Å². The number of carbonyl (C=O) groups excluding carboxylic acids is 1. The Balaban J connectivity index is 2.28. The Morgan fingerprint density at radius 1 is 1.41 bits per heavy atom. The molecular weight excluding hydrogens is 278 g/mol. The number of hydrogen-bond acceptors (Lipinski definition) is 3. The van der Waals surface area contributed by atoms with Gasteiger partial charge in [-0.05, 0) is 45.4 Å². The first-order chi connectivity index (χ1) is 10.4. The Hall–Kier alpha value is -2.14. The topological polar surface area (TPSA) is 58.4 Å². The molecule has 0 fully saturated rings. The van der Waals surface area contributed by atoms with E-state index in [1.165, 1.54) is 0 Å². The van der Waals surface area contributed by atoms with E-state index in [0.29, 0.717) is 18.5 Å². The molecule has 0 bridgehead atoms. The lowest BCUT2D eigenvalue weighted by Gasteiger charge is -2.18. The second-order valence-corrected chi connectivity index (χ2v) is 5.67. The highest BCUT2D eigenvalue weighted by Crippen LogP contribution is 2.20. The van der Waals surface area contributed by atoms with Crippen LogP contribution in [0.5, 0.6) is 0 Å². The van der Waals surface area contributed by atoms with Crippen LogP contribution in [-0.2, 0) is 0 Å². The molecule has 0 spiro atoms. The van der Waals surface area contributed by atoms with Crippen molar-refractivity contribution in [3.63, 3.8) is 0 Å². The highest BCUT2D eigenvalue weighted by atomic mass is 16.3. The summed E-state index contributed by atoms with van der Waals surface area (Å²) >= 11 is 0. The first-order valence-corrected chi connectivity index (χ1v) is 7.45. The smallest absolute Gasteiger partial charge is 0.255 e. The third-order valence-electron chi connectivity index (χ3n) is 3.77. The molecule has 1 atom stereocenters. The summed E-state index contributed by atoms with van der Waals surface area (Å²) in [5.74, 6) is 0.777. The maximum Gasteiger partial charge on any atom is 0.255 e. The summed E-state index contributed by atoms with van der Waals surface area (Å²) in [4.78, 5) is 18.6. The van der Waals surface area contributed by atoms with Crippen molar-refractivity contribution < 1.29 is 9.90 Å². The fourth-order valence-corrected chi connectivity index (χ4v) is 2.51. The first-order valence-electron chi connectivity index (χ1n) is 7.45. The number of amides is 1. The molecule has 1 unspecified atom stereocenters. The molecule has 5 nitrogen and oxygen atoms in total. The van der Waals surface area contributed by atoms with Gasteiger partial charge in [-0.1, -0.05) is 6.07 Å². The minimum absolute atomic E-state index is 0.0315. The Bertz CT molecular complexity index is 647. The highest BCUT2D eigenvalue weighted by Gasteiger charge is 2.20. The molecule has 0 aliphatic carbocycles. The minimum atomic E-state index is -0.406. The Morgan fingerprint density at radius 2 is 2.14 bits per heavy atom. The van der Waals surface area contributed by atoms with E-state index in [9.17, 15) is 9.90 Å². The van der Waals surface area contributed by atoms with E-state index < -0.39 is 6.10 Å². The zero-order valence-electron chi connectivity index (χ0n) is 13.6. The van der Waals surface area contributed by atoms with Gasteiger partial charge < -0.3 is 14.6 Å². The Morgan fingerprint density at radius 3 is 2.73 bits per heavy atom. The fraction of sp³-hybridized carbons (Fsp3) is 0.412. The lowest BCUT2D eigenvalue weighted by molar-refractivity contribution is 0.0768. The van der Waals surface area contributed by atoms with E-state index in [4.69, 9.17) is 0 Å². The minimum Gasteiger partial charge on any atom is -0.393 e. The number of nitrogens with zero attached hydrogens (tertiary/aromatic N) is 3. The van der Waals surface area contributed by atoms with Crippen molar-refractivity contribution in [2.75, 3.05) is 13.6 Å². The predicted octanol–water partition coefficient (Wildman–Crippen LogP) is 2.33. The summed E-state index contributed by atoms with van der Waals surface area (Å²) in [6.45, 7) is 6.15. The lowest BCUT2D eigenvalue weighted by Crippen LogP contribution is -2.29. The summed E-state index contributed by atoms with van der Waals surface area (Å²) in [7, 11) is 1.76. The van der Waals surface area contributed by atoms with Crippen LogP contribution in [0.4, 0.5) is 0 Å². The Labute approximate surface area is 131 Å². The second kappa shape index (κ2) is 6.75. The largest absolute Gasteiger partial charge is 0.393 e. The number of hydrogen-bond donors (Lipinski definition) is 1. The molecule has 2 aromatic rings. The van der Waals surface area contributed by atoms with Gasteiger partial charge in [-0.3, -0.25) is 4.79 Å². The summed E-state index contributed by atoms with van der Waals surface area (Å²) in [5, 5.41) is 9.35. The van der Waals surface area contributed by atoms with Gasteiger partial charge in [-0.2, -0.15) is 0 Å². The number of aromatic nitrogens is 2. The highest BCUT2D eigenvalue weighted by molar-refractivity contribution is 5.95. The van der Waals surface area contributed by atoms with Crippen LogP contribution in [0.1, 0.15) is 35.1 Å². The van der Waals surface area contributed by atoms with Crippen molar-refractivity contribution >= 4 is 5.91 Å². The molecule has 1 N–H and O–H groups in total. The maximum absolute atomic E-state index is 12.6. The van der Waals surface area contributed by atoms with Gasteiger partial charge in [0.25, 0.3) is 5.91 Å². The molecule has 22 heavy (non-hydrogen) atoms. The van der Waals surface area contributed by atoms with Crippen LogP contribution in [0.15, 0.2) is 30.5 Å². The summed E-state index contributed by atoms with van der Waals surface area (Å²) < 4.78 is 1.98. The molecule has 1 amide bonds. The quantitative estimate of drug-likeness (QED) is 0.922. The van der Waals surface area contributed by atoms with Crippen molar-refractivity contribution in [2.45, 2.75) is 33.3 Å². The molecule has 2 rings (SSSR count). The van der Waals surface area contributed by atoms with Gasteiger partial charge >= 0.3 is 0 Å². The molecule has 2 heterocycles.